The quantitative estimate of drug-likeness (QED) is 0.852. The summed E-state index contributed by atoms with van der Waals surface area (Å²) in [5.41, 5.74) is 1.29. The summed E-state index contributed by atoms with van der Waals surface area (Å²) in [5, 5.41) is 13.8. The SMILES string of the molecule is Cc1ccoc1-c1nnc(CCCNC(C)(C)C)s1. The van der Waals surface area contributed by atoms with E-state index in [4.69, 9.17) is 4.42 Å². The van der Waals surface area contributed by atoms with E-state index in [-0.39, 0.29) is 5.54 Å². The van der Waals surface area contributed by atoms with Crippen molar-refractivity contribution < 1.29 is 4.42 Å². The van der Waals surface area contributed by atoms with Crippen molar-refractivity contribution in [3.8, 4) is 10.8 Å². The van der Waals surface area contributed by atoms with Crippen molar-refractivity contribution in [2.45, 2.75) is 46.1 Å². The highest BCUT2D eigenvalue weighted by atomic mass is 32.1. The first-order chi connectivity index (χ1) is 8.96. The van der Waals surface area contributed by atoms with Gasteiger partial charge in [0.2, 0.25) is 0 Å². The van der Waals surface area contributed by atoms with Gasteiger partial charge in [-0.15, -0.1) is 10.2 Å². The zero-order valence-electron chi connectivity index (χ0n) is 12.0. The molecule has 2 aromatic heterocycles. The van der Waals surface area contributed by atoms with Crippen molar-refractivity contribution in [2.75, 3.05) is 6.54 Å². The molecule has 19 heavy (non-hydrogen) atoms. The van der Waals surface area contributed by atoms with Gasteiger partial charge in [-0.3, -0.25) is 0 Å². The van der Waals surface area contributed by atoms with E-state index in [0.29, 0.717) is 0 Å². The zero-order valence-corrected chi connectivity index (χ0v) is 12.8. The maximum Gasteiger partial charge on any atom is 0.183 e. The molecule has 2 rings (SSSR count). The van der Waals surface area contributed by atoms with Gasteiger partial charge in [-0.05, 0) is 52.3 Å². The molecule has 0 saturated heterocycles. The molecular weight excluding hydrogens is 258 g/mol. The maximum atomic E-state index is 5.43. The summed E-state index contributed by atoms with van der Waals surface area (Å²) in [7, 11) is 0. The lowest BCUT2D eigenvalue weighted by Crippen LogP contribution is -2.36. The Labute approximate surface area is 118 Å². The van der Waals surface area contributed by atoms with Gasteiger partial charge in [0.25, 0.3) is 0 Å². The Morgan fingerprint density at radius 1 is 1.32 bits per heavy atom. The first-order valence-electron chi connectivity index (χ1n) is 6.57. The second-order valence-electron chi connectivity index (χ2n) is 5.71. The number of aryl methyl sites for hydroxylation is 2. The molecule has 0 saturated carbocycles. The van der Waals surface area contributed by atoms with E-state index >= 15 is 0 Å². The summed E-state index contributed by atoms with van der Waals surface area (Å²) in [4.78, 5) is 0. The minimum atomic E-state index is 0.178. The monoisotopic (exact) mass is 279 g/mol. The molecule has 0 radical (unpaired) electrons. The summed E-state index contributed by atoms with van der Waals surface area (Å²) in [6.07, 6.45) is 3.72. The van der Waals surface area contributed by atoms with Crippen LogP contribution in [0.15, 0.2) is 16.7 Å². The Morgan fingerprint density at radius 3 is 2.74 bits per heavy atom. The summed E-state index contributed by atoms with van der Waals surface area (Å²) in [5.74, 6) is 0.844. The maximum absolute atomic E-state index is 5.43. The number of nitrogens with zero attached hydrogens (tertiary/aromatic N) is 2. The lowest BCUT2D eigenvalue weighted by Gasteiger charge is -2.20. The molecule has 2 aromatic rings. The predicted molar refractivity (Wildman–Crippen MR) is 78.4 cm³/mol. The molecule has 0 amide bonds. The lowest BCUT2D eigenvalue weighted by atomic mass is 10.1. The van der Waals surface area contributed by atoms with Crippen molar-refractivity contribution in [3.63, 3.8) is 0 Å². The molecule has 0 fully saturated rings. The topological polar surface area (TPSA) is 51.0 Å². The smallest absolute Gasteiger partial charge is 0.183 e. The van der Waals surface area contributed by atoms with Crippen LogP contribution in [0.2, 0.25) is 0 Å². The average molecular weight is 279 g/mol. The summed E-state index contributed by atoms with van der Waals surface area (Å²) in [6.45, 7) is 9.55. The molecule has 2 heterocycles. The van der Waals surface area contributed by atoms with Gasteiger partial charge in [0.1, 0.15) is 5.01 Å². The highest BCUT2D eigenvalue weighted by Crippen LogP contribution is 2.27. The molecule has 0 bridgehead atoms. The third-order valence-electron chi connectivity index (χ3n) is 2.75. The Hall–Kier alpha value is -1.20. The van der Waals surface area contributed by atoms with Crippen LogP contribution in [0.3, 0.4) is 0 Å². The molecule has 5 heteroatoms. The lowest BCUT2D eigenvalue weighted by molar-refractivity contribution is 0.422. The molecule has 1 N–H and O–H groups in total. The van der Waals surface area contributed by atoms with E-state index in [0.717, 1.165) is 40.7 Å². The number of furan rings is 1. The third-order valence-corrected chi connectivity index (χ3v) is 3.73. The van der Waals surface area contributed by atoms with E-state index in [2.05, 4.69) is 36.3 Å². The Balaban J connectivity index is 1.87. The normalized spacial score (nSPS) is 12.0. The molecule has 0 spiro atoms. The van der Waals surface area contributed by atoms with Crippen LogP contribution in [-0.2, 0) is 6.42 Å². The van der Waals surface area contributed by atoms with Crippen LogP contribution in [-0.4, -0.2) is 22.3 Å². The van der Waals surface area contributed by atoms with E-state index in [1.165, 1.54) is 0 Å². The Morgan fingerprint density at radius 2 is 2.11 bits per heavy atom. The van der Waals surface area contributed by atoms with E-state index in [9.17, 15) is 0 Å². The van der Waals surface area contributed by atoms with Crippen molar-refractivity contribution in [3.05, 3.63) is 22.9 Å². The second-order valence-corrected chi connectivity index (χ2v) is 6.78. The number of aromatic nitrogens is 2. The molecule has 0 atom stereocenters. The van der Waals surface area contributed by atoms with Gasteiger partial charge >= 0.3 is 0 Å². The molecule has 0 aromatic carbocycles. The molecule has 104 valence electrons. The van der Waals surface area contributed by atoms with Crippen molar-refractivity contribution >= 4 is 11.3 Å². The highest BCUT2D eigenvalue weighted by molar-refractivity contribution is 7.14. The van der Waals surface area contributed by atoms with Gasteiger partial charge in [0.05, 0.1) is 6.26 Å². The first-order valence-corrected chi connectivity index (χ1v) is 7.39. The average Bonchev–Trinajstić information content (AvgIpc) is 2.91. The van der Waals surface area contributed by atoms with Crippen LogP contribution >= 0.6 is 11.3 Å². The van der Waals surface area contributed by atoms with Gasteiger partial charge in [-0.25, -0.2) is 0 Å². The van der Waals surface area contributed by atoms with Gasteiger partial charge in [0.15, 0.2) is 10.8 Å². The second kappa shape index (κ2) is 5.84. The largest absolute Gasteiger partial charge is 0.461 e. The van der Waals surface area contributed by atoms with Crippen molar-refractivity contribution in [1.29, 1.82) is 0 Å². The van der Waals surface area contributed by atoms with E-state index < -0.39 is 0 Å². The first kappa shape index (κ1) is 14.2. The van der Waals surface area contributed by atoms with Crippen LogP contribution in [0, 0.1) is 6.92 Å². The number of hydrogen-bond acceptors (Lipinski definition) is 5. The third kappa shape index (κ3) is 4.14. The number of rotatable bonds is 5. The predicted octanol–water partition coefficient (Wildman–Crippen LogP) is 3.43. The Kier molecular flexibility index (Phi) is 4.37. The molecule has 0 aliphatic rings. The van der Waals surface area contributed by atoms with Gasteiger partial charge < -0.3 is 9.73 Å². The highest BCUT2D eigenvalue weighted by Gasteiger charge is 2.12. The van der Waals surface area contributed by atoms with Crippen molar-refractivity contribution in [1.82, 2.24) is 15.5 Å². The number of nitrogens with one attached hydrogen (secondary N) is 1. The van der Waals surface area contributed by atoms with Crippen LogP contribution in [0.4, 0.5) is 0 Å². The summed E-state index contributed by atoms with van der Waals surface area (Å²) in [6, 6.07) is 1.95. The Bertz CT molecular complexity index is 525. The van der Waals surface area contributed by atoms with Gasteiger partial charge in [0, 0.05) is 12.0 Å². The molecule has 4 nitrogen and oxygen atoms in total. The van der Waals surface area contributed by atoms with Crippen LogP contribution < -0.4 is 5.32 Å². The van der Waals surface area contributed by atoms with Gasteiger partial charge in [-0.2, -0.15) is 0 Å². The fraction of sp³-hybridized carbons (Fsp3) is 0.571. The van der Waals surface area contributed by atoms with Crippen LogP contribution in [0.5, 0.6) is 0 Å². The number of hydrogen-bond donors (Lipinski definition) is 1. The van der Waals surface area contributed by atoms with E-state index in [1.54, 1.807) is 17.6 Å². The molecule has 0 unspecified atom stereocenters. The zero-order chi connectivity index (χ0) is 13.9. The minimum Gasteiger partial charge on any atom is -0.461 e. The fourth-order valence-corrected chi connectivity index (χ4v) is 2.68. The summed E-state index contributed by atoms with van der Waals surface area (Å²) >= 11 is 1.62. The molecule has 0 aliphatic heterocycles. The van der Waals surface area contributed by atoms with Crippen LogP contribution in [0.25, 0.3) is 10.8 Å². The summed E-state index contributed by atoms with van der Waals surface area (Å²) < 4.78 is 5.43. The fourth-order valence-electron chi connectivity index (χ4n) is 1.74. The van der Waals surface area contributed by atoms with Crippen molar-refractivity contribution in [2.24, 2.45) is 0 Å². The molecular formula is C14H21N3OS. The van der Waals surface area contributed by atoms with Gasteiger partial charge in [-0.1, -0.05) is 11.3 Å². The standard InChI is InChI=1S/C14H21N3OS/c1-10-7-9-18-12(10)13-17-16-11(19-13)6-5-8-15-14(2,3)4/h7,9,15H,5-6,8H2,1-4H3. The van der Waals surface area contributed by atoms with E-state index in [1.807, 2.05) is 13.0 Å². The molecule has 0 aliphatic carbocycles. The minimum absolute atomic E-state index is 0.178. The van der Waals surface area contributed by atoms with Crippen LogP contribution in [0.1, 0.15) is 37.8 Å².